The second kappa shape index (κ2) is 6.24. The van der Waals surface area contributed by atoms with Crippen LogP contribution < -0.4 is 5.32 Å². The fraction of sp³-hybridized carbons (Fsp3) is 0.600. The first-order valence-corrected chi connectivity index (χ1v) is 8.69. The lowest BCUT2D eigenvalue weighted by Gasteiger charge is -2.17. The van der Waals surface area contributed by atoms with Crippen LogP contribution in [0.3, 0.4) is 0 Å². The van der Waals surface area contributed by atoms with Gasteiger partial charge in [0, 0.05) is 19.6 Å². The van der Waals surface area contributed by atoms with Crippen LogP contribution in [0, 0.1) is 6.92 Å². The lowest BCUT2D eigenvalue weighted by Crippen LogP contribution is -2.29. The Balaban J connectivity index is 2.21. The van der Waals surface area contributed by atoms with Crippen LogP contribution in [0.5, 0.6) is 0 Å². The summed E-state index contributed by atoms with van der Waals surface area (Å²) in [7, 11) is -1.66. The molecular weight excluding hydrogens is 272 g/mol. The van der Waals surface area contributed by atoms with Gasteiger partial charge < -0.3 is 5.32 Å². The van der Waals surface area contributed by atoms with Gasteiger partial charge in [-0.3, -0.25) is 0 Å². The maximum absolute atomic E-state index is 12.5. The van der Waals surface area contributed by atoms with Crippen LogP contribution >= 0.6 is 0 Å². The molecule has 2 rings (SSSR count). The number of benzene rings is 1. The quantitative estimate of drug-likeness (QED) is 0.785. The molecule has 1 saturated carbocycles. The van der Waals surface area contributed by atoms with Crippen molar-refractivity contribution in [3.8, 4) is 0 Å². The third-order valence-corrected chi connectivity index (χ3v) is 5.71. The molecule has 0 aliphatic heterocycles. The fourth-order valence-electron chi connectivity index (χ4n) is 2.20. The third kappa shape index (κ3) is 3.40. The summed E-state index contributed by atoms with van der Waals surface area (Å²) in [6, 6.07) is 5.62. The Morgan fingerprint density at radius 1 is 1.35 bits per heavy atom. The molecule has 112 valence electrons. The maximum Gasteiger partial charge on any atom is 0.243 e. The second-order valence-corrected chi connectivity index (χ2v) is 7.51. The van der Waals surface area contributed by atoms with Crippen molar-refractivity contribution in [2.45, 2.75) is 50.6 Å². The molecule has 0 heterocycles. The molecule has 0 atom stereocenters. The maximum atomic E-state index is 12.5. The zero-order chi connectivity index (χ0) is 14.8. The van der Waals surface area contributed by atoms with Crippen LogP contribution in [-0.4, -0.2) is 32.4 Å². The molecule has 0 aromatic heterocycles. The van der Waals surface area contributed by atoms with E-state index in [0.29, 0.717) is 4.90 Å². The third-order valence-electron chi connectivity index (χ3n) is 3.80. The van der Waals surface area contributed by atoms with E-state index < -0.39 is 10.0 Å². The number of nitrogens with zero attached hydrogens (tertiary/aromatic N) is 1. The first kappa shape index (κ1) is 15.5. The molecule has 0 bridgehead atoms. The molecule has 1 aliphatic carbocycles. The topological polar surface area (TPSA) is 49.4 Å². The molecule has 0 spiro atoms. The van der Waals surface area contributed by atoms with E-state index in [2.05, 4.69) is 12.2 Å². The van der Waals surface area contributed by atoms with Gasteiger partial charge in [-0.1, -0.05) is 13.0 Å². The number of aryl methyl sites for hydroxylation is 1. The summed E-state index contributed by atoms with van der Waals surface area (Å²) in [5.41, 5.74) is 2.19. The zero-order valence-electron chi connectivity index (χ0n) is 12.5. The van der Waals surface area contributed by atoms with Gasteiger partial charge in [-0.15, -0.1) is 0 Å². The number of hydrogen-bond acceptors (Lipinski definition) is 3. The van der Waals surface area contributed by atoms with Crippen molar-refractivity contribution in [3.05, 3.63) is 29.3 Å². The Morgan fingerprint density at radius 2 is 2.05 bits per heavy atom. The van der Waals surface area contributed by atoms with E-state index in [1.165, 1.54) is 4.31 Å². The van der Waals surface area contributed by atoms with Crippen LogP contribution in [0.1, 0.15) is 37.3 Å². The average Bonchev–Trinajstić information content (AvgIpc) is 3.24. The van der Waals surface area contributed by atoms with Crippen molar-refractivity contribution in [1.29, 1.82) is 0 Å². The molecule has 0 radical (unpaired) electrons. The van der Waals surface area contributed by atoms with Gasteiger partial charge in [0.2, 0.25) is 10.0 Å². The lowest BCUT2D eigenvalue weighted by atomic mass is 10.1. The summed E-state index contributed by atoms with van der Waals surface area (Å²) in [4.78, 5) is 0.408. The highest BCUT2D eigenvalue weighted by atomic mass is 32.2. The van der Waals surface area contributed by atoms with Crippen molar-refractivity contribution in [2.24, 2.45) is 0 Å². The minimum absolute atomic E-state index is 0.197. The molecule has 5 heteroatoms. The van der Waals surface area contributed by atoms with Gasteiger partial charge >= 0.3 is 0 Å². The predicted molar refractivity (Wildman–Crippen MR) is 81.1 cm³/mol. The van der Waals surface area contributed by atoms with Gasteiger partial charge in [0.05, 0.1) is 4.90 Å². The van der Waals surface area contributed by atoms with Crippen LogP contribution in [0.25, 0.3) is 0 Å². The normalized spacial score (nSPS) is 15.8. The van der Waals surface area contributed by atoms with Crippen molar-refractivity contribution < 1.29 is 8.42 Å². The molecule has 1 aliphatic rings. The molecule has 1 fully saturated rings. The average molecular weight is 296 g/mol. The number of rotatable bonds is 7. The van der Waals surface area contributed by atoms with Gasteiger partial charge in [0.25, 0.3) is 0 Å². The molecule has 0 saturated heterocycles. The molecule has 1 aromatic rings. The van der Waals surface area contributed by atoms with Gasteiger partial charge in [-0.2, -0.15) is 4.31 Å². The SMILES string of the molecule is CCCNCc1cc(S(=O)(=O)N(C)C2CC2)ccc1C. The molecule has 0 amide bonds. The molecule has 1 N–H and O–H groups in total. The van der Waals surface area contributed by atoms with Crippen molar-refractivity contribution in [2.75, 3.05) is 13.6 Å². The minimum Gasteiger partial charge on any atom is -0.313 e. The number of sulfonamides is 1. The monoisotopic (exact) mass is 296 g/mol. The molecule has 20 heavy (non-hydrogen) atoms. The van der Waals surface area contributed by atoms with Gasteiger partial charge in [-0.05, 0) is 56.0 Å². The van der Waals surface area contributed by atoms with Gasteiger partial charge in [-0.25, -0.2) is 8.42 Å². The van der Waals surface area contributed by atoms with Crippen LogP contribution in [0.4, 0.5) is 0 Å². The Bertz CT molecular complexity index is 565. The van der Waals surface area contributed by atoms with Crippen molar-refractivity contribution in [3.63, 3.8) is 0 Å². The van der Waals surface area contributed by atoms with Crippen LogP contribution in [0.2, 0.25) is 0 Å². The van der Waals surface area contributed by atoms with Crippen molar-refractivity contribution in [1.82, 2.24) is 9.62 Å². The summed E-state index contributed by atoms with van der Waals surface area (Å²) in [6.07, 6.45) is 3.03. The first-order valence-electron chi connectivity index (χ1n) is 7.25. The zero-order valence-corrected chi connectivity index (χ0v) is 13.3. The first-order chi connectivity index (χ1) is 9.46. The van der Waals surface area contributed by atoms with E-state index in [4.69, 9.17) is 0 Å². The van der Waals surface area contributed by atoms with Crippen molar-refractivity contribution >= 4 is 10.0 Å². The Morgan fingerprint density at radius 3 is 2.65 bits per heavy atom. The highest BCUT2D eigenvalue weighted by molar-refractivity contribution is 7.89. The molecule has 0 unspecified atom stereocenters. The summed E-state index contributed by atoms with van der Waals surface area (Å²) < 4.78 is 26.5. The fourth-order valence-corrected chi connectivity index (χ4v) is 3.67. The second-order valence-electron chi connectivity index (χ2n) is 5.52. The summed E-state index contributed by atoms with van der Waals surface area (Å²) in [5, 5.41) is 3.33. The highest BCUT2D eigenvalue weighted by Crippen LogP contribution is 2.30. The lowest BCUT2D eigenvalue weighted by molar-refractivity contribution is 0.464. The molecule has 4 nitrogen and oxygen atoms in total. The molecule has 1 aromatic carbocycles. The van der Waals surface area contributed by atoms with Crippen LogP contribution in [-0.2, 0) is 16.6 Å². The summed E-state index contributed by atoms with van der Waals surface area (Å²) >= 11 is 0. The summed E-state index contributed by atoms with van der Waals surface area (Å²) in [6.45, 7) is 5.80. The van der Waals surface area contributed by atoms with E-state index in [1.54, 1.807) is 13.1 Å². The number of nitrogens with one attached hydrogen (secondary N) is 1. The Labute approximate surface area is 122 Å². The van der Waals surface area contributed by atoms with E-state index in [0.717, 1.165) is 43.5 Å². The van der Waals surface area contributed by atoms with Gasteiger partial charge in [0.15, 0.2) is 0 Å². The number of hydrogen-bond donors (Lipinski definition) is 1. The largest absolute Gasteiger partial charge is 0.313 e. The predicted octanol–water partition coefficient (Wildman–Crippen LogP) is 2.28. The van der Waals surface area contributed by atoms with E-state index in [1.807, 2.05) is 19.1 Å². The standard InChI is InChI=1S/C15H24N2O2S/c1-4-9-16-11-13-10-15(8-5-12(13)2)20(18,19)17(3)14-6-7-14/h5,8,10,14,16H,4,6-7,9,11H2,1-3H3. The van der Waals surface area contributed by atoms with Crippen LogP contribution in [0.15, 0.2) is 23.1 Å². The Hall–Kier alpha value is -0.910. The smallest absolute Gasteiger partial charge is 0.243 e. The summed E-state index contributed by atoms with van der Waals surface area (Å²) in [5.74, 6) is 0. The van der Waals surface area contributed by atoms with E-state index in [9.17, 15) is 8.42 Å². The minimum atomic E-state index is -3.34. The van der Waals surface area contributed by atoms with E-state index in [-0.39, 0.29) is 6.04 Å². The highest BCUT2D eigenvalue weighted by Gasteiger charge is 2.35. The van der Waals surface area contributed by atoms with Gasteiger partial charge in [0.1, 0.15) is 0 Å². The molecular formula is C15H24N2O2S. The van der Waals surface area contributed by atoms with E-state index >= 15 is 0 Å². The Kier molecular flexibility index (Phi) is 4.83.